The zero-order valence-electron chi connectivity index (χ0n) is 14.2. The van der Waals surface area contributed by atoms with Crippen molar-refractivity contribution in [1.82, 2.24) is 10.6 Å². The highest BCUT2D eigenvalue weighted by Gasteiger charge is 2.20. The molecule has 1 unspecified atom stereocenters. The van der Waals surface area contributed by atoms with Gasteiger partial charge in [-0.2, -0.15) is 0 Å². The largest absolute Gasteiger partial charge is 0.486 e. The van der Waals surface area contributed by atoms with Gasteiger partial charge >= 0.3 is 0 Å². The predicted octanol–water partition coefficient (Wildman–Crippen LogP) is 1.66. The highest BCUT2D eigenvalue weighted by molar-refractivity contribution is 5.79. The van der Waals surface area contributed by atoms with Gasteiger partial charge in [0.05, 0.1) is 13.2 Å². The second kappa shape index (κ2) is 9.25. The molecule has 0 spiro atoms. The fourth-order valence-corrected chi connectivity index (χ4v) is 2.16. The zero-order chi connectivity index (χ0) is 16.5. The number of aliphatic imine (C=N–C) groups is 1. The molecule has 0 fully saturated rings. The number of guanidine groups is 1. The number of hydrogen-bond donors (Lipinski definition) is 2. The van der Waals surface area contributed by atoms with Crippen molar-refractivity contribution < 1.29 is 14.2 Å². The van der Waals surface area contributed by atoms with Crippen LogP contribution in [0.1, 0.15) is 13.8 Å². The summed E-state index contributed by atoms with van der Waals surface area (Å²) < 4.78 is 17.1. The summed E-state index contributed by atoms with van der Waals surface area (Å²) in [5.74, 6) is 2.88. The fraction of sp³-hybridized carbons (Fsp3) is 0.588. The number of hydrogen-bond acceptors (Lipinski definition) is 4. The molecule has 0 bridgehead atoms. The van der Waals surface area contributed by atoms with E-state index in [2.05, 4.69) is 29.5 Å². The summed E-state index contributed by atoms with van der Waals surface area (Å²) in [5, 5.41) is 6.47. The van der Waals surface area contributed by atoms with Crippen molar-refractivity contribution in [3.63, 3.8) is 0 Å². The van der Waals surface area contributed by atoms with Gasteiger partial charge in [-0.3, -0.25) is 4.99 Å². The zero-order valence-corrected chi connectivity index (χ0v) is 14.2. The van der Waals surface area contributed by atoms with Gasteiger partial charge in [0.1, 0.15) is 12.7 Å². The van der Waals surface area contributed by atoms with Gasteiger partial charge in [0.2, 0.25) is 0 Å². The average Bonchev–Trinajstić information content (AvgIpc) is 2.57. The Morgan fingerprint density at radius 3 is 2.83 bits per heavy atom. The number of nitrogens with zero attached hydrogens (tertiary/aromatic N) is 1. The highest BCUT2D eigenvalue weighted by atomic mass is 16.6. The molecule has 0 saturated carbocycles. The smallest absolute Gasteiger partial charge is 0.191 e. The Morgan fingerprint density at radius 1 is 1.30 bits per heavy atom. The third-order valence-electron chi connectivity index (χ3n) is 3.28. The van der Waals surface area contributed by atoms with Gasteiger partial charge in [-0.05, 0) is 18.1 Å². The first-order chi connectivity index (χ1) is 11.2. The Morgan fingerprint density at radius 2 is 2.09 bits per heavy atom. The first kappa shape index (κ1) is 17.4. The van der Waals surface area contributed by atoms with Crippen molar-refractivity contribution in [3.05, 3.63) is 24.3 Å². The van der Waals surface area contributed by atoms with E-state index in [0.717, 1.165) is 30.6 Å². The molecule has 2 rings (SSSR count). The van der Waals surface area contributed by atoms with E-state index in [4.69, 9.17) is 14.2 Å². The van der Waals surface area contributed by atoms with E-state index in [-0.39, 0.29) is 6.10 Å². The summed E-state index contributed by atoms with van der Waals surface area (Å²) >= 11 is 0. The lowest BCUT2D eigenvalue weighted by Gasteiger charge is -2.27. The maximum Gasteiger partial charge on any atom is 0.191 e. The van der Waals surface area contributed by atoms with E-state index in [1.54, 1.807) is 7.05 Å². The molecule has 128 valence electrons. The summed E-state index contributed by atoms with van der Waals surface area (Å²) in [7, 11) is 1.75. The molecular weight excluding hydrogens is 294 g/mol. The Kier molecular flexibility index (Phi) is 7.00. The molecule has 6 heteroatoms. The molecular formula is C17H27N3O3. The van der Waals surface area contributed by atoms with Crippen molar-refractivity contribution in [3.8, 4) is 11.5 Å². The standard InChI is InChI=1S/C17H27N3O3/c1-13(2)11-21-9-8-19-17(18-3)20-10-14-12-22-15-6-4-5-7-16(15)23-14/h4-7,13-14H,8-12H2,1-3H3,(H2,18,19,20). The van der Waals surface area contributed by atoms with Crippen molar-refractivity contribution >= 4 is 5.96 Å². The summed E-state index contributed by atoms with van der Waals surface area (Å²) in [6, 6.07) is 7.71. The molecule has 23 heavy (non-hydrogen) atoms. The quantitative estimate of drug-likeness (QED) is 0.454. The molecule has 0 aliphatic carbocycles. The minimum atomic E-state index is -0.0411. The predicted molar refractivity (Wildman–Crippen MR) is 91.4 cm³/mol. The first-order valence-electron chi connectivity index (χ1n) is 8.09. The molecule has 1 heterocycles. The number of fused-ring (bicyclic) bond motifs is 1. The lowest BCUT2D eigenvalue weighted by Crippen LogP contribution is -2.46. The monoisotopic (exact) mass is 321 g/mol. The van der Waals surface area contributed by atoms with Crippen LogP contribution >= 0.6 is 0 Å². The van der Waals surface area contributed by atoms with Gasteiger partial charge in [0.15, 0.2) is 17.5 Å². The summed E-state index contributed by atoms with van der Waals surface area (Å²) in [6.45, 7) is 7.59. The maximum absolute atomic E-state index is 5.90. The summed E-state index contributed by atoms with van der Waals surface area (Å²) in [5.41, 5.74) is 0. The van der Waals surface area contributed by atoms with E-state index < -0.39 is 0 Å². The number of para-hydroxylation sites is 2. The van der Waals surface area contributed by atoms with Crippen LogP contribution in [0, 0.1) is 5.92 Å². The van der Waals surface area contributed by atoms with Gasteiger partial charge < -0.3 is 24.8 Å². The van der Waals surface area contributed by atoms with Gasteiger partial charge in [-0.15, -0.1) is 0 Å². The molecule has 0 aromatic heterocycles. The second-order valence-electron chi connectivity index (χ2n) is 5.85. The van der Waals surface area contributed by atoms with Crippen molar-refractivity contribution in [2.24, 2.45) is 10.9 Å². The molecule has 0 amide bonds. The maximum atomic E-state index is 5.90. The normalized spacial score (nSPS) is 17.2. The van der Waals surface area contributed by atoms with E-state index in [1.165, 1.54) is 0 Å². The molecule has 1 atom stereocenters. The Labute approximate surface area is 138 Å². The molecule has 1 aromatic carbocycles. The minimum absolute atomic E-state index is 0.0411. The van der Waals surface area contributed by atoms with E-state index in [0.29, 0.717) is 25.7 Å². The van der Waals surface area contributed by atoms with E-state index >= 15 is 0 Å². The van der Waals surface area contributed by atoms with Gasteiger partial charge in [0.25, 0.3) is 0 Å². The number of ether oxygens (including phenoxy) is 3. The van der Waals surface area contributed by atoms with Gasteiger partial charge in [-0.25, -0.2) is 0 Å². The lowest BCUT2D eigenvalue weighted by atomic mass is 10.2. The molecule has 6 nitrogen and oxygen atoms in total. The minimum Gasteiger partial charge on any atom is -0.486 e. The third kappa shape index (κ3) is 5.98. The SMILES string of the molecule is CN=C(NCCOCC(C)C)NCC1COc2ccccc2O1. The van der Waals surface area contributed by atoms with Crippen LogP contribution in [0.25, 0.3) is 0 Å². The highest BCUT2D eigenvalue weighted by Crippen LogP contribution is 2.30. The van der Waals surface area contributed by atoms with Crippen LogP contribution in [0.4, 0.5) is 0 Å². The number of benzene rings is 1. The molecule has 0 saturated heterocycles. The van der Waals surface area contributed by atoms with Crippen molar-refractivity contribution in [1.29, 1.82) is 0 Å². The Balaban J connectivity index is 1.66. The topological polar surface area (TPSA) is 64.1 Å². The molecule has 0 radical (unpaired) electrons. The van der Waals surface area contributed by atoms with E-state index in [9.17, 15) is 0 Å². The molecule has 1 aromatic rings. The second-order valence-corrected chi connectivity index (χ2v) is 5.85. The molecule has 2 N–H and O–H groups in total. The van der Waals surface area contributed by atoms with Crippen molar-refractivity contribution in [2.45, 2.75) is 20.0 Å². The molecule has 1 aliphatic heterocycles. The van der Waals surface area contributed by atoms with Crippen LogP contribution in [0.5, 0.6) is 11.5 Å². The van der Waals surface area contributed by atoms with Crippen LogP contribution in [0.3, 0.4) is 0 Å². The molecule has 1 aliphatic rings. The van der Waals surface area contributed by atoms with Crippen LogP contribution in [0.15, 0.2) is 29.3 Å². The fourth-order valence-electron chi connectivity index (χ4n) is 2.16. The van der Waals surface area contributed by atoms with Crippen molar-refractivity contribution in [2.75, 3.05) is 40.0 Å². The first-order valence-corrected chi connectivity index (χ1v) is 8.09. The van der Waals surface area contributed by atoms with Crippen LogP contribution in [-0.2, 0) is 4.74 Å². The van der Waals surface area contributed by atoms with Crippen LogP contribution < -0.4 is 20.1 Å². The van der Waals surface area contributed by atoms with Crippen LogP contribution in [-0.4, -0.2) is 52.0 Å². The van der Waals surface area contributed by atoms with Gasteiger partial charge in [0, 0.05) is 20.2 Å². The Bertz CT molecular complexity index is 506. The summed E-state index contributed by atoms with van der Waals surface area (Å²) in [6.07, 6.45) is -0.0411. The van der Waals surface area contributed by atoms with E-state index in [1.807, 2.05) is 24.3 Å². The number of nitrogens with one attached hydrogen (secondary N) is 2. The summed E-state index contributed by atoms with van der Waals surface area (Å²) in [4.78, 5) is 4.19. The van der Waals surface area contributed by atoms with Crippen LogP contribution in [0.2, 0.25) is 0 Å². The Hall–Kier alpha value is -1.95. The lowest BCUT2D eigenvalue weighted by molar-refractivity contribution is 0.0934. The van der Waals surface area contributed by atoms with Gasteiger partial charge in [-0.1, -0.05) is 26.0 Å². The third-order valence-corrected chi connectivity index (χ3v) is 3.28. The average molecular weight is 321 g/mol. The number of rotatable bonds is 7.